The monoisotopic (exact) mass is 284 g/mol. The third-order valence-corrected chi connectivity index (χ3v) is 3.42. The molecule has 0 aliphatic heterocycles. The van der Waals surface area contributed by atoms with Crippen LogP contribution in [0.1, 0.15) is 31.1 Å². The third-order valence-electron chi connectivity index (χ3n) is 2.49. The van der Waals surface area contributed by atoms with Gasteiger partial charge in [-0.2, -0.15) is 0 Å². The molecule has 0 spiro atoms. The molecule has 0 atom stereocenters. The molecule has 1 aromatic rings. The Labute approximate surface area is 114 Å². The van der Waals surface area contributed by atoms with Crippen LogP contribution in [0.5, 0.6) is 0 Å². The van der Waals surface area contributed by atoms with Crippen LogP contribution < -0.4 is 5.14 Å². The molecule has 0 saturated carbocycles. The summed E-state index contributed by atoms with van der Waals surface area (Å²) in [5.41, 5.74) is 0.449. The highest BCUT2D eigenvalue weighted by Crippen LogP contribution is 2.16. The van der Waals surface area contributed by atoms with Crippen molar-refractivity contribution in [2.24, 2.45) is 10.6 Å². The van der Waals surface area contributed by atoms with E-state index in [1.54, 1.807) is 11.9 Å². The van der Waals surface area contributed by atoms with Crippen LogP contribution >= 0.6 is 0 Å². The molecule has 0 saturated heterocycles. The summed E-state index contributed by atoms with van der Waals surface area (Å²) in [6.07, 6.45) is 0. The molecule has 0 radical (unpaired) electrons. The van der Waals surface area contributed by atoms with Gasteiger partial charge in [0, 0.05) is 19.2 Å². The summed E-state index contributed by atoms with van der Waals surface area (Å²) >= 11 is 0. The van der Waals surface area contributed by atoms with Gasteiger partial charge in [0.05, 0.1) is 4.90 Å². The van der Waals surface area contributed by atoms with Crippen molar-refractivity contribution in [2.75, 3.05) is 13.6 Å². The zero-order valence-corrected chi connectivity index (χ0v) is 12.5. The summed E-state index contributed by atoms with van der Waals surface area (Å²) in [5.74, 6) is -0.143. The van der Waals surface area contributed by atoms with Crippen LogP contribution in [-0.4, -0.2) is 32.8 Å². The molecule has 2 N–H and O–H groups in total. The van der Waals surface area contributed by atoms with E-state index in [4.69, 9.17) is 5.14 Å². The lowest BCUT2D eigenvalue weighted by atomic mass is 9.96. The van der Waals surface area contributed by atoms with Crippen LogP contribution in [0.4, 0.5) is 0 Å². The highest BCUT2D eigenvalue weighted by molar-refractivity contribution is 7.89. The Morgan fingerprint density at radius 3 is 2.05 bits per heavy atom. The Morgan fingerprint density at radius 1 is 1.21 bits per heavy atom. The van der Waals surface area contributed by atoms with Gasteiger partial charge in [-0.1, -0.05) is 20.8 Å². The quantitative estimate of drug-likeness (QED) is 0.912. The lowest BCUT2D eigenvalue weighted by Gasteiger charge is -2.26. The van der Waals surface area contributed by atoms with Gasteiger partial charge in [0.2, 0.25) is 10.0 Å². The van der Waals surface area contributed by atoms with Gasteiger partial charge >= 0.3 is 0 Å². The molecule has 1 rings (SSSR count). The van der Waals surface area contributed by atoms with E-state index in [1.165, 1.54) is 24.3 Å². The molecule has 5 nitrogen and oxygen atoms in total. The average molecular weight is 284 g/mol. The average Bonchev–Trinajstić information content (AvgIpc) is 2.24. The van der Waals surface area contributed by atoms with Crippen LogP contribution in [0, 0.1) is 5.41 Å². The summed E-state index contributed by atoms with van der Waals surface area (Å²) < 4.78 is 22.2. The molecule has 0 aromatic heterocycles. The minimum atomic E-state index is -3.72. The Morgan fingerprint density at radius 2 is 1.68 bits per heavy atom. The maximum Gasteiger partial charge on any atom is 0.253 e. The van der Waals surface area contributed by atoms with E-state index in [9.17, 15) is 13.2 Å². The molecule has 0 unspecified atom stereocenters. The number of carbonyl (C=O) groups is 1. The number of hydrogen-bond donors (Lipinski definition) is 1. The largest absolute Gasteiger partial charge is 0.341 e. The van der Waals surface area contributed by atoms with E-state index in [0.717, 1.165) is 0 Å². The maximum atomic E-state index is 12.1. The molecule has 19 heavy (non-hydrogen) atoms. The van der Waals surface area contributed by atoms with Crippen molar-refractivity contribution in [2.45, 2.75) is 25.7 Å². The highest BCUT2D eigenvalue weighted by atomic mass is 32.2. The first-order chi connectivity index (χ1) is 8.50. The Hall–Kier alpha value is -1.40. The first-order valence-electron chi connectivity index (χ1n) is 5.89. The second-order valence-electron chi connectivity index (χ2n) is 5.79. The molecule has 0 aliphatic rings. The molecule has 0 aliphatic carbocycles. The number of nitrogens with two attached hydrogens (primary N) is 1. The second-order valence-corrected chi connectivity index (χ2v) is 7.35. The van der Waals surface area contributed by atoms with Crippen molar-refractivity contribution in [3.63, 3.8) is 0 Å². The predicted molar refractivity (Wildman–Crippen MR) is 74.2 cm³/mol. The van der Waals surface area contributed by atoms with Crippen LogP contribution in [0.15, 0.2) is 29.2 Å². The number of hydrogen-bond acceptors (Lipinski definition) is 3. The third kappa shape index (κ3) is 4.65. The zero-order chi connectivity index (χ0) is 14.8. The van der Waals surface area contributed by atoms with Crippen molar-refractivity contribution in [1.82, 2.24) is 4.90 Å². The van der Waals surface area contributed by atoms with Gasteiger partial charge in [0.1, 0.15) is 0 Å². The van der Waals surface area contributed by atoms with E-state index in [-0.39, 0.29) is 16.2 Å². The summed E-state index contributed by atoms with van der Waals surface area (Å²) in [4.78, 5) is 13.7. The van der Waals surface area contributed by atoms with Crippen LogP contribution in [-0.2, 0) is 10.0 Å². The first-order valence-corrected chi connectivity index (χ1v) is 7.44. The summed E-state index contributed by atoms with van der Waals surface area (Å²) in [5, 5.41) is 5.00. The normalized spacial score (nSPS) is 12.3. The van der Waals surface area contributed by atoms with Crippen LogP contribution in [0.3, 0.4) is 0 Å². The van der Waals surface area contributed by atoms with E-state index >= 15 is 0 Å². The fourth-order valence-corrected chi connectivity index (χ4v) is 2.31. The van der Waals surface area contributed by atoms with Gasteiger partial charge in [-0.3, -0.25) is 4.79 Å². The standard InChI is InChI=1S/C13H20N2O3S/c1-13(2,3)9-15(4)12(16)10-5-7-11(8-6-10)19(14,17)18/h5-8H,9H2,1-4H3,(H2,14,17,18). The number of benzene rings is 1. The van der Waals surface area contributed by atoms with E-state index in [2.05, 4.69) is 0 Å². The molecule has 0 bridgehead atoms. The molecule has 6 heteroatoms. The minimum Gasteiger partial charge on any atom is -0.341 e. The van der Waals surface area contributed by atoms with Gasteiger partial charge in [-0.05, 0) is 29.7 Å². The molecule has 0 fully saturated rings. The van der Waals surface area contributed by atoms with E-state index in [0.29, 0.717) is 12.1 Å². The summed E-state index contributed by atoms with van der Waals surface area (Å²) in [6.45, 7) is 6.74. The van der Waals surface area contributed by atoms with E-state index < -0.39 is 10.0 Å². The van der Waals surface area contributed by atoms with Gasteiger partial charge in [-0.15, -0.1) is 0 Å². The fraction of sp³-hybridized carbons (Fsp3) is 0.462. The van der Waals surface area contributed by atoms with Crippen LogP contribution in [0.2, 0.25) is 0 Å². The topological polar surface area (TPSA) is 80.5 Å². The lowest BCUT2D eigenvalue weighted by molar-refractivity contribution is 0.0745. The molecule has 106 valence electrons. The minimum absolute atomic E-state index is 0.00234. The molecule has 0 heterocycles. The van der Waals surface area contributed by atoms with Crippen molar-refractivity contribution in [3.8, 4) is 0 Å². The van der Waals surface area contributed by atoms with Crippen molar-refractivity contribution in [1.29, 1.82) is 0 Å². The van der Waals surface area contributed by atoms with Crippen molar-refractivity contribution in [3.05, 3.63) is 29.8 Å². The number of amides is 1. The number of rotatable bonds is 3. The van der Waals surface area contributed by atoms with Gasteiger partial charge in [0.15, 0.2) is 0 Å². The Bertz CT molecular complexity index is 557. The second kappa shape index (κ2) is 5.30. The van der Waals surface area contributed by atoms with Crippen LogP contribution in [0.25, 0.3) is 0 Å². The van der Waals surface area contributed by atoms with Gasteiger partial charge in [-0.25, -0.2) is 13.6 Å². The molecular formula is C13H20N2O3S. The van der Waals surface area contributed by atoms with Gasteiger partial charge in [0.25, 0.3) is 5.91 Å². The lowest BCUT2D eigenvalue weighted by Crippen LogP contribution is -2.34. The summed E-state index contributed by atoms with van der Waals surface area (Å²) in [6, 6.07) is 5.63. The van der Waals surface area contributed by atoms with Crippen molar-refractivity contribution < 1.29 is 13.2 Å². The molecule has 1 aromatic carbocycles. The number of primary sulfonamides is 1. The summed E-state index contributed by atoms with van der Waals surface area (Å²) in [7, 11) is -2.00. The van der Waals surface area contributed by atoms with Crippen molar-refractivity contribution >= 4 is 15.9 Å². The highest BCUT2D eigenvalue weighted by Gasteiger charge is 2.19. The molecular weight excluding hydrogens is 264 g/mol. The maximum absolute atomic E-state index is 12.1. The predicted octanol–water partition coefficient (Wildman–Crippen LogP) is 1.45. The number of carbonyl (C=O) groups excluding carboxylic acids is 1. The Balaban J connectivity index is 2.90. The number of nitrogens with zero attached hydrogens (tertiary/aromatic N) is 1. The Kier molecular flexibility index (Phi) is 4.37. The number of sulfonamides is 1. The zero-order valence-electron chi connectivity index (χ0n) is 11.7. The smallest absolute Gasteiger partial charge is 0.253 e. The molecule has 1 amide bonds. The SMILES string of the molecule is CN(CC(C)(C)C)C(=O)c1ccc(S(N)(=O)=O)cc1. The fourth-order valence-electron chi connectivity index (χ4n) is 1.79. The van der Waals surface area contributed by atoms with E-state index in [1.807, 2.05) is 20.8 Å². The van der Waals surface area contributed by atoms with Gasteiger partial charge < -0.3 is 4.90 Å². The first kappa shape index (κ1) is 15.7.